The van der Waals surface area contributed by atoms with E-state index in [9.17, 15) is 4.79 Å². The molecule has 4 nitrogen and oxygen atoms in total. The third-order valence-corrected chi connectivity index (χ3v) is 2.57. The van der Waals surface area contributed by atoms with Gasteiger partial charge in [0.1, 0.15) is 6.04 Å². The molecule has 0 spiro atoms. The molecule has 0 radical (unpaired) electrons. The summed E-state index contributed by atoms with van der Waals surface area (Å²) in [5.74, 6) is -0.0549. The summed E-state index contributed by atoms with van der Waals surface area (Å²) in [5.41, 5.74) is 7.09. The average Bonchev–Trinajstić information content (AvgIpc) is 2.51. The van der Waals surface area contributed by atoms with Crippen molar-refractivity contribution in [1.29, 1.82) is 0 Å². The van der Waals surface area contributed by atoms with Crippen LogP contribution in [-0.2, 0) is 4.79 Å². The van der Waals surface area contributed by atoms with Gasteiger partial charge in [-0.2, -0.15) is 0 Å². The zero-order valence-corrected chi connectivity index (χ0v) is 8.84. The lowest BCUT2D eigenvalue weighted by Crippen LogP contribution is -2.31. The van der Waals surface area contributed by atoms with Gasteiger partial charge in [-0.3, -0.25) is 4.79 Å². The molecule has 0 aromatic heterocycles. The number of nitrogens with one attached hydrogen (secondary N) is 2. The Balaban J connectivity index is 2.27. The zero-order chi connectivity index (χ0) is 10.8. The molecule has 0 aliphatic carbocycles. The molecule has 2 rings (SSSR count). The molecular weight excluding hydrogens is 214 g/mol. The number of amides is 1. The standard InChI is InChI=1S/C10H12ClN3O/c11-6-1-2-8-7(5-6)9(10(15)14-8)13-4-3-12/h1-2,5,9,13H,3-4,12H2,(H,14,15). The minimum absolute atomic E-state index is 0.0549. The fraction of sp³-hybridized carbons (Fsp3) is 0.300. The summed E-state index contributed by atoms with van der Waals surface area (Å²) < 4.78 is 0. The number of hydrogen-bond donors (Lipinski definition) is 3. The van der Waals surface area contributed by atoms with E-state index in [0.717, 1.165) is 11.3 Å². The quantitative estimate of drug-likeness (QED) is 0.716. The maximum Gasteiger partial charge on any atom is 0.246 e. The summed E-state index contributed by atoms with van der Waals surface area (Å²) in [6.07, 6.45) is 0. The van der Waals surface area contributed by atoms with Crippen LogP contribution in [0, 0.1) is 0 Å². The second-order valence-corrected chi connectivity index (χ2v) is 3.83. The highest BCUT2D eigenvalue weighted by Crippen LogP contribution is 2.32. The van der Waals surface area contributed by atoms with Gasteiger partial charge in [0.2, 0.25) is 5.91 Å². The molecule has 1 aromatic carbocycles. The third kappa shape index (κ3) is 1.97. The fourth-order valence-electron chi connectivity index (χ4n) is 1.66. The van der Waals surface area contributed by atoms with Crippen molar-refractivity contribution in [1.82, 2.24) is 5.32 Å². The smallest absolute Gasteiger partial charge is 0.246 e. The van der Waals surface area contributed by atoms with Crippen molar-refractivity contribution in [2.45, 2.75) is 6.04 Å². The summed E-state index contributed by atoms with van der Waals surface area (Å²) in [5, 5.41) is 6.48. The van der Waals surface area contributed by atoms with Gasteiger partial charge < -0.3 is 16.4 Å². The van der Waals surface area contributed by atoms with E-state index in [1.807, 2.05) is 0 Å². The zero-order valence-electron chi connectivity index (χ0n) is 8.09. The maximum absolute atomic E-state index is 11.6. The molecule has 1 aliphatic heterocycles. The van der Waals surface area contributed by atoms with Crippen LogP contribution in [0.5, 0.6) is 0 Å². The summed E-state index contributed by atoms with van der Waals surface area (Å²) >= 11 is 5.88. The number of carbonyl (C=O) groups excluding carboxylic acids is 1. The first-order valence-corrected chi connectivity index (χ1v) is 5.14. The van der Waals surface area contributed by atoms with Gasteiger partial charge in [-0.25, -0.2) is 0 Å². The van der Waals surface area contributed by atoms with Gasteiger partial charge >= 0.3 is 0 Å². The van der Waals surface area contributed by atoms with Crippen LogP contribution >= 0.6 is 11.6 Å². The Morgan fingerprint density at radius 1 is 1.53 bits per heavy atom. The Morgan fingerprint density at radius 2 is 2.33 bits per heavy atom. The Morgan fingerprint density at radius 3 is 3.07 bits per heavy atom. The van der Waals surface area contributed by atoms with E-state index in [4.69, 9.17) is 17.3 Å². The van der Waals surface area contributed by atoms with Gasteiger partial charge in [0.15, 0.2) is 0 Å². The van der Waals surface area contributed by atoms with Crippen molar-refractivity contribution >= 4 is 23.2 Å². The number of fused-ring (bicyclic) bond motifs is 1. The molecule has 1 aromatic rings. The van der Waals surface area contributed by atoms with E-state index in [2.05, 4.69) is 10.6 Å². The van der Waals surface area contributed by atoms with Gasteiger partial charge in [0.05, 0.1) is 0 Å². The van der Waals surface area contributed by atoms with Gasteiger partial charge in [-0.15, -0.1) is 0 Å². The van der Waals surface area contributed by atoms with Crippen LogP contribution < -0.4 is 16.4 Å². The van der Waals surface area contributed by atoms with E-state index in [-0.39, 0.29) is 11.9 Å². The Labute approximate surface area is 92.8 Å². The lowest BCUT2D eigenvalue weighted by molar-refractivity contribution is -0.117. The van der Waals surface area contributed by atoms with E-state index in [0.29, 0.717) is 18.1 Å². The van der Waals surface area contributed by atoms with E-state index in [1.165, 1.54) is 0 Å². The Kier molecular flexibility index (Phi) is 2.90. The highest BCUT2D eigenvalue weighted by Gasteiger charge is 2.29. The summed E-state index contributed by atoms with van der Waals surface area (Å²) in [6, 6.07) is 5.02. The predicted molar refractivity (Wildman–Crippen MR) is 59.9 cm³/mol. The number of carbonyl (C=O) groups is 1. The third-order valence-electron chi connectivity index (χ3n) is 2.34. The van der Waals surface area contributed by atoms with Crippen LogP contribution in [0.1, 0.15) is 11.6 Å². The molecule has 1 atom stereocenters. The number of anilines is 1. The van der Waals surface area contributed by atoms with Crippen LogP contribution in [0.4, 0.5) is 5.69 Å². The van der Waals surface area contributed by atoms with Crippen molar-refractivity contribution in [3.63, 3.8) is 0 Å². The molecule has 4 N–H and O–H groups in total. The van der Waals surface area contributed by atoms with Crippen molar-refractivity contribution < 1.29 is 4.79 Å². The number of nitrogens with two attached hydrogens (primary N) is 1. The highest BCUT2D eigenvalue weighted by atomic mass is 35.5. The van der Waals surface area contributed by atoms with E-state index < -0.39 is 0 Å². The van der Waals surface area contributed by atoms with Gasteiger partial charge in [-0.1, -0.05) is 11.6 Å². The lowest BCUT2D eigenvalue weighted by Gasteiger charge is -2.10. The molecule has 80 valence electrons. The first kappa shape index (κ1) is 10.4. The molecule has 1 aliphatic rings. The number of rotatable bonds is 3. The Bertz CT molecular complexity index is 394. The molecule has 1 unspecified atom stereocenters. The van der Waals surface area contributed by atoms with Crippen LogP contribution in [-0.4, -0.2) is 19.0 Å². The first-order chi connectivity index (χ1) is 7.22. The topological polar surface area (TPSA) is 67.1 Å². The monoisotopic (exact) mass is 225 g/mol. The molecule has 1 amide bonds. The van der Waals surface area contributed by atoms with Crippen molar-refractivity contribution in [3.8, 4) is 0 Å². The van der Waals surface area contributed by atoms with Crippen molar-refractivity contribution in [3.05, 3.63) is 28.8 Å². The second-order valence-electron chi connectivity index (χ2n) is 3.40. The van der Waals surface area contributed by atoms with Crippen LogP contribution in [0.15, 0.2) is 18.2 Å². The lowest BCUT2D eigenvalue weighted by atomic mass is 10.1. The molecule has 0 fully saturated rings. The average molecular weight is 226 g/mol. The molecule has 5 heteroatoms. The van der Waals surface area contributed by atoms with E-state index >= 15 is 0 Å². The molecule has 0 bridgehead atoms. The highest BCUT2D eigenvalue weighted by molar-refractivity contribution is 6.31. The van der Waals surface area contributed by atoms with Crippen molar-refractivity contribution in [2.24, 2.45) is 5.73 Å². The number of benzene rings is 1. The molecule has 1 heterocycles. The van der Waals surface area contributed by atoms with Crippen LogP contribution in [0.25, 0.3) is 0 Å². The van der Waals surface area contributed by atoms with E-state index in [1.54, 1.807) is 18.2 Å². The minimum atomic E-state index is -0.331. The molecule has 0 saturated heterocycles. The van der Waals surface area contributed by atoms with Gasteiger partial charge in [0.25, 0.3) is 0 Å². The summed E-state index contributed by atoms with van der Waals surface area (Å²) in [7, 11) is 0. The van der Waals surface area contributed by atoms with Crippen molar-refractivity contribution in [2.75, 3.05) is 18.4 Å². The normalized spacial score (nSPS) is 18.8. The number of hydrogen-bond acceptors (Lipinski definition) is 3. The van der Waals surface area contributed by atoms with Gasteiger partial charge in [0, 0.05) is 29.4 Å². The maximum atomic E-state index is 11.6. The minimum Gasteiger partial charge on any atom is -0.329 e. The summed E-state index contributed by atoms with van der Waals surface area (Å²) in [4.78, 5) is 11.6. The van der Waals surface area contributed by atoms with Gasteiger partial charge in [-0.05, 0) is 18.2 Å². The Hall–Kier alpha value is -1.10. The molecular formula is C10H12ClN3O. The molecule has 15 heavy (non-hydrogen) atoms. The summed E-state index contributed by atoms with van der Waals surface area (Å²) in [6.45, 7) is 1.10. The fourth-order valence-corrected chi connectivity index (χ4v) is 1.84. The molecule has 0 saturated carbocycles. The van der Waals surface area contributed by atoms with Crippen LogP contribution in [0.3, 0.4) is 0 Å². The largest absolute Gasteiger partial charge is 0.329 e. The first-order valence-electron chi connectivity index (χ1n) is 4.76. The second kappa shape index (κ2) is 4.18. The van der Waals surface area contributed by atoms with Crippen LogP contribution in [0.2, 0.25) is 5.02 Å². The SMILES string of the molecule is NCCNC1C(=O)Nc2ccc(Cl)cc21. The predicted octanol–water partition coefficient (Wildman–Crippen LogP) is 0.882. The number of halogens is 1.